The summed E-state index contributed by atoms with van der Waals surface area (Å²) in [5.41, 5.74) is 6.48. The fourth-order valence-electron chi connectivity index (χ4n) is 2.50. The van der Waals surface area contributed by atoms with Gasteiger partial charge in [-0.2, -0.15) is 0 Å². The highest BCUT2D eigenvalue weighted by Gasteiger charge is 2.43. The first-order valence-corrected chi connectivity index (χ1v) is 4.70. The van der Waals surface area contributed by atoms with E-state index in [1.54, 1.807) is 0 Å². The van der Waals surface area contributed by atoms with Crippen LogP contribution in [0.25, 0.3) is 0 Å². The molecule has 2 aliphatic rings. The van der Waals surface area contributed by atoms with E-state index >= 15 is 0 Å². The second-order valence-corrected chi connectivity index (χ2v) is 4.26. The van der Waals surface area contributed by atoms with Crippen LogP contribution in [0.15, 0.2) is 0 Å². The lowest BCUT2D eigenvalue weighted by Crippen LogP contribution is -2.59. The molecule has 0 amide bonds. The van der Waals surface area contributed by atoms with Crippen molar-refractivity contribution < 1.29 is 0 Å². The van der Waals surface area contributed by atoms with Crippen LogP contribution in [0.2, 0.25) is 0 Å². The Labute approximate surface area is 68.7 Å². The summed E-state index contributed by atoms with van der Waals surface area (Å²) in [4.78, 5) is 2.49. The Balaban J connectivity index is 2.01. The molecule has 2 heteroatoms. The number of nitrogens with two attached hydrogens (primary N) is 1. The zero-order valence-electron chi connectivity index (χ0n) is 7.34. The zero-order chi connectivity index (χ0) is 7.90. The fraction of sp³-hybridized carbons (Fsp3) is 1.00. The van der Waals surface area contributed by atoms with Gasteiger partial charge in [-0.1, -0.05) is 0 Å². The number of rotatable bonds is 0. The van der Waals surface area contributed by atoms with E-state index in [1.807, 2.05) is 0 Å². The lowest BCUT2D eigenvalue weighted by molar-refractivity contribution is -0.00292. The van der Waals surface area contributed by atoms with Crippen molar-refractivity contribution in [3.8, 4) is 0 Å². The molecule has 0 bridgehead atoms. The van der Waals surface area contributed by atoms with Crippen LogP contribution in [0.5, 0.6) is 0 Å². The van der Waals surface area contributed by atoms with Crippen molar-refractivity contribution in [3.05, 3.63) is 0 Å². The fourth-order valence-corrected chi connectivity index (χ4v) is 2.50. The first kappa shape index (κ1) is 7.56. The molecule has 2 N–H and O–H groups in total. The average molecular weight is 154 g/mol. The van der Waals surface area contributed by atoms with Gasteiger partial charge in [-0.3, -0.25) is 4.90 Å². The molecular weight excluding hydrogens is 136 g/mol. The van der Waals surface area contributed by atoms with E-state index < -0.39 is 0 Å². The number of likely N-dealkylation sites (N-methyl/N-ethyl adjacent to an activating group) is 1. The van der Waals surface area contributed by atoms with Gasteiger partial charge in [0.2, 0.25) is 0 Å². The van der Waals surface area contributed by atoms with Gasteiger partial charge < -0.3 is 5.73 Å². The monoisotopic (exact) mass is 154 g/mol. The van der Waals surface area contributed by atoms with Crippen LogP contribution < -0.4 is 5.73 Å². The number of piperidine rings is 1. The molecule has 1 aliphatic carbocycles. The maximum absolute atomic E-state index is 5.88. The first-order valence-electron chi connectivity index (χ1n) is 4.70. The highest BCUT2D eigenvalue weighted by Crippen LogP contribution is 2.42. The Morgan fingerprint density at radius 3 is 2.55 bits per heavy atom. The van der Waals surface area contributed by atoms with E-state index in [4.69, 9.17) is 5.73 Å². The van der Waals surface area contributed by atoms with Gasteiger partial charge in [-0.25, -0.2) is 0 Å². The SMILES string of the molecule is CN1CC(N)CCC12CCC2. The van der Waals surface area contributed by atoms with E-state index in [1.165, 1.54) is 32.1 Å². The molecule has 11 heavy (non-hydrogen) atoms. The molecule has 64 valence electrons. The van der Waals surface area contributed by atoms with Gasteiger partial charge >= 0.3 is 0 Å². The van der Waals surface area contributed by atoms with Crippen LogP contribution in [0.1, 0.15) is 32.1 Å². The third-order valence-electron chi connectivity index (χ3n) is 3.58. The molecule has 1 saturated heterocycles. The summed E-state index contributed by atoms with van der Waals surface area (Å²) in [6.45, 7) is 1.11. The standard InChI is InChI=1S/C9H18N2/c1-11-7-8(10)3-6-9(11)4-2-5-9/h8H,2-7,10H2,1H3. The third kappa shape index (κ3) is 1.09. The van der Waals surface area contributed by atoms with Gasteiger partial charge in [0.15, 0.2) is 0 Å². The van der Waals surface area contributed by atoms with E-state index in [0.29, 0.717) is 11.6 Å². The van der Waals surface area contributed by atoms with Gasteiger partial charge in [-0.15, -0.1) is 0 Å². The largest absolute Gasteiger partial charge is 0.327 e. The highest BCUT2D eigenvalue weighted by atomic mass is 15.2. The summed E-state index contributed by atoms with van der Waals surface area (Å²) >= 11 is 0. The van der Waals surface area contributed by atoms with Crippen molar-refractivity contribution in [2.45, 2.75) is 43.7 Å². The Morgan fingerprint density at radius 1 is 1.36 bits per heavy atom. The minimum atomic E-state index is 0.436. The smallest absolute Gasteiger partial charge is 0.0207 e. The van der Waals surface area contributed by atoms with Crippen molar-refractivity contribution in [2.24, 2.45) is 5.73 Å². The van der Waals surface area contributed by atoms with Crippen LogP contribution >= 0.6 is 0 Å². The maximum atomic E-state index is 5.88. The van der Waals surface area contributed by atoms with Crippen molar-refractivity contribution in [2.75, 3.05) is 13.6 Å². The van der Waals surface area contributed by atoms with Crippen molar-refractivity contribution in [3.63, 3.8) is 0 Å². The van der Waals surface area contributed by atoms with Gasteiger partial charge in [0, 0.05) is 18.1 Å². The van der Waals surface area contributed by atoms with Gasteiger partial charge in [0.25, 0.3) is 0 Å². The molecular formula is C9H18N2. The highest BCUT2D eigenvalue weighted by molar-refractivity contribution is 5.00. The molecule has 1 atom stereocenters. The number of hydrogen-bond donors (Lipinski definition) is 1. The Hall–Kier alpha value is -0.0800. The van der Waals surface area contributed by atoms with Crippen LogP contribution in [-0.4, -0.2) is 30.1 Å². The molecule has 2 fully saturated rings. The Morgan fingerprint density at radius 2 is 2.09 bits per heavy atom. The first-order chi connectivity index (χ1) is 5.23. The second-order valence-electron chi connectivity index (χ2n) is 4.26. The minimum absolute atomic E-state index is 0.436. The molecule has 0 aromatic rings. The molecule has 2 nitrogen and oxygen atoms in total. The number of nitrogens with zero attached hydrogens (tertiary/aromatic N) is 1. The molecule has 0 aromatic carbocycles. The third-order valence-corrected chi connectivity index (χ3v) is 3.58. The molecule has 0 radical (unpaired) electrons. The van der Waals surface area contributed by atoms with Gasteiger partial charge in [0.05, 0.1) is 0 Å². The topological polar surface area (TPSA) is 29.3 Å². The minimum Gasteiger partial charge on any atom is -0.327 e. The predicted molar refractivity (Wildman–Crippen MR) is 46.4 cm³/mol. The van der Waals surface area contributed by atoms with Gasteiger partial charge in [-0.05, 0) is 39.2 Å². The van der Waals surface area contributed by atoms with Crippen LogP contribution in [0.3, 0.4) is 0 Å². The van der Waals surface area contributed by atoms with Crippen LogP contribution in [-0.2, 0) is 0 Å². The maximum Gasteiger partial charge on any atom is 0.0207 e. The van der Waals surface area contributed by atoms with Crippen LogP contribution in [0, 0.1) is 0 Å². The van der Waals surface area contributed by atoms with E-state index in [0.717, 1.165) is 6.54 Å². The summed E-state index contributed by atoms with van der Waals surface area (Å²) in [6, 6.07) is 0.436. The zero-order valence-corrected chi connectivity index (χ0v) is 7.34. The van der Waals surface area contributed by atoms with E-state index in [2.05, 4.69) is 11.9 Å². The average Bonchev–Trinajstić information content (AvgIpc) is 1.84. The Bertz CT molecular complexity index is 152. The number of likely N-dealkylation sites (tertiary alicyclic amines) is 1. The van der Waals surface area contributed by atoms with Gasteiger partial charge in [0.1, 0.15) is 0 Å². The van der Waals surface area contributed by atoms with E-state index in [-0.39, 0.29) is 0 Å². The quantitative estimate of drug-likeness (QED) is 0.563. The van der Waals surface area contributed by atoms with Crippen LogP contribution in [0.4, 0.5) is 0 Å². The summed E-state index contributed by atoms with van der Waals surface area (Å²) in [7, 11) is 2.23. The summed E-state index contributed by atoms with van der Waals surface area (Å²) in [5, 5.41) is 0. The Kier molecular flexibility index (Phi) is 1.69. The summed E-state index contributed by atoms with van der Waals surface area (Å²) in [6.07, 6.45) is 6.83. The predicted octanol–water partition coefficient (Wildman–Crippen LogP) is 0.962. The molecule has 0 aromatic heterocycles. The molecule has 1 heterocycles. The van der Waals surface area contributed by atoms with Crippen molar-refractivity contribution in [1.82, 2.24) is 4.90 Å². The molecule has 1 saturated carbocycles. The second kappa shape index (κ2) is 2.46. The lowest BCUT2D eigenvalue weighted by Gasteiger charge is -2.53. The molecule has 1 aliphatic heterocycles. The van der Waals surface area contributed by atoms with Crippen molar-refractivity contribution in [1.29, 1.82) is 0 Å². The normalized spacial score (nSPS) is 37.1. The lowest BCUT2D eigenvalue weighted by atomic mass is 9.70. The summed E-state index contributed by atoms with van der Waals surface area (Å²) < 4.78 is 0. The molecule has 1 unspecified atom stereocenters. The summed E-state index contributed by atoms with van der Waals surface area (Å²) in [5.74, 6) is 0. The van der Waals surface area contributed by atoms with E-state index in [9.17, 15) is 0 Å². The molecule has 1 spiro atoms. The molecule has 2 rings (SSSR count). The number of hydrogen-bond acceptors (Lipinski definition) is 2. The van der Waals surface area contributed by atoms with Crippen molar-refractivity contribution >= 4 is 0 Å².